The van der Waals surface area contributed by atoms with Gasteiger partial charge in [0.05, 0.1) is 54.8 Å². The van der Waals surface area contributed by atoms with Crippen LogP contribution in [0.2, 0.25) is 0 Å². The van der Waals surface area contributed by atoms with Crippen LogP contribution in [0.4, 0.5) is 15.3 Å². The second-order valence-electron chi connectivity index (χ2n) is 22.3. The fraction of sp³-hybridized carbons (Fsp3) is 0.655. The summed E-state index contributed by atoms with van der Waals surface area (Å²) in [6, 6.07) is 9.37. The van der Waals surface area contributed by atoms with Crippen LogP contribution in [0.25, 0.3) is 0 Å². The molecule has 448 valence electrons. The predicted molar refractivity (Wildman–Crippen MR) is 305 cm³/mol. The summed E-state index contributed by atoms with van der Waals surface area (Å²) in [7, 11) is 6.12. The summed E-state index contributed by atoms with van der Waals surface area (Å²) >= 11 is 0. The molecule has 0 aromatic heterocycles. The molecule has 9 amide bonds. The molecule has 22 heteroatoms. The number of carbonyl (C=O) groups excluding carboxylic acids is 8. The van der Waals surface area contributed by atoms with Gasteiger partial charge in [0.1, 0.15) is 24.7 Å². The van der Waals surface area contributed by atoms with Crippen molar-refractivity contribution in [2.45, 2.75) is 175 Å². The van der Waals surface area contributed by atoms with Gasteiger partial charge in [0.25, 0.3) is 0 Å². The molecule has 2 aromatic rings. The molecular weight excluding hydrogens is 1030 g/mol. The largest absolute Gasteiger partial charge is 0.445 e. The topological polar surface area (TPSA) is 306 Å². The number of ether oxygens (including phenoxy) is 3. The molecule has 3 rings (SSSR count). The van der Waals surface area contributed by atoms with E-state index in [-0.39, 0.29) is 49.6 Å². The van der Waals surface area contributed by atoms with E-state index in [1.807, 2.05) is 45.9 Å². The smallest absolute Gasteiger partial charge is 0.410 e. The van der Waals surface area contributed by atoms with E-state index in [1.54, 1.807) is 94.8 Å². The summed E-state index contributed by atoms with van der Waals surface area (Å²) in [6.07, 6.45) is -0.736. The molecule has 0 saturated carbocycles. The van der Waals surface area contributed by atoms with E-state index in [0.29, 0.717) is 49.0 Å². The molecule has 1 aliphatic rings. The van der Waals surface area contributed by atoms with E-state index in [2.05, 4.69) is 26.6 Å². The Morgan fingerprint density at radius 3 is 1.96 bits per heavy atom. The highest BCUT2D eigenvalue weighted by Crippen LogP contribution is 2.30. The first-order valence-electron chi connectivity index (χ1n) is 28.0. The standard InChI is InChI=1S/C58H94N10O12/c1-15-36(8)49(44(78-13)31-45(69)68-30-20-24-43(68)51(79-14)37(9)52(71)62-38(10)50(70)40-21-17-16-18-22-40)66(11)56(75)47(34(4)5)65-55(74)48(35(6)7)67(12)58(77)80-32-39-25-27-41(28-26-39)63-53(72)42(23-19-29-61-57(60)76)64-54(73)46(59)33(2)3/h16-18,21-22,25-28,33-38,42-44,46-51,70H,15,19-20,23-24,29-32,59H2,1-14H3,(H,62,71)(H,63,72)(H,64,73)(H,65,74)(H3,60,61,76)/t36-,37+,38+,42-,43-,44?,46-,47-,48-,49-,50+,51+/m0/s1. The van der Waals surface area contributed by atoms with Crippen LogP contribution < -0.4 is 38.1 Å². The summed E-state index contributed by atoms with van der Waals surface area (Å²) in [6.45, 7) is 18.7. The summed E-state index contributed by atoms with van der Waals surface area (Å²) < 4.78 is 17.7. The van der Waals surface area contributed by atoms with Crippen molar-refractivity contribution in [3.8, 4) is 0 Å². The second-order valence-corrected chi connectivity index (χ2v) is 22.3. The molecule has 2 aromatic carbocycles. The van der Waals surface area contributed by atoms with E-state index < -0.39 is 114 Å². The number of nitrogens with one attached hydrogen (secondary N) is 5. The Balaban J connectivity index is 1.70. The Kier molecular flexibility index (Phi) is 27.8. The number of methoxy groups -OCH3 is 2. The number of likely N-dealkylation sites (tertiary alicyclic amines) is 1. The molecule has 1 aliphatic heterocycles. The van der Waals surface area contributed by atoms with Crippen LogP contribution in [0.5, 0.6) is 0 Å². The maximum absolute atomic E-state index is 14.7. The lowest BCUT2D eigenvalue weighted by molar-refractivity contribution is -0.148. The average Bonchev–Trinajstić information content (AvgIpc) is 3.91. The van der Waals surface area contributed by atoms with Gasteiger partial charge in [-0.2, -0.15) is 0 Å². The van der Waals surface area contributed by atoms with Crippen molar-refractivity contribution in [2.75, 3.05) is 46.7 Å². The molecule has 80 heavy (non-hydrogen) atoms. The van der Waals surface area contributed by atoms with Crippen LogP contribution >= 0.6 is 0 Å². The van der Waals surface area contributed by atoms with E-state index in [9.17, 15) is 43.5 Å². The van der Waals surface area contributed by atoms with Gasteiger partial charge < -0.3 is 67.2 Å². The number of benzene rings is 2. The van der Waals surface area contributed by atoms with Crippen LogP contribution in [0.15, 0.2) is 54.6 Å². The van der Waals surface area contributed by atoms with Crippen LogP contribution in [-0.2, 0) is 49.6 Å². The summed E-state index contributed by atoms with van der Waals surface area (Å²) in [5, 5.41) is 24.8. The molecule has 1 fully saturated rings. The average molecular weight is 1120 g/mol. The number of rotatable bonds is 31. The number of nitrogens with zero attached hydrogens (tertiary/aromatic N) is 3. The molecule has 10 N–H and O–H groups in total. The van der Waals surface area contributed by atoms with E-state index in [4.69, 9.17) is 25.7 Å². The van der Waals surface area contributed by atoms with Crippen molar-refractivity contribution < 1.29 is 57.7 Å². The minimum absolute atomic E-state index is 0.0747. The third kappa shape index (κ3) is 19.4. The minimum atomic E-state index is -1.05. The molecular formula is C58H94N10O12. The van der Waals surface area contributed by atoms with Crippen LogP contribution in [0.1, 0.15) is 125 Å². The van der Waals surface area contributed by atoms with Gasteiger partial charge in [0, 0.05) is 47.1 Å². The third-order valence-electron chi connectivity index (χ3n) is 15.3. The number of hydrogen-bond acceptors (Lipinski definition) is 13. The van der Waals surface area contributed by atoms with Gasteiger partial charge in [-0.15, -0.1) is 0 Å². The molecule has 22 nitrogen and oxygen atoms in total. The number of carbonyl (C=O) groups is 8. The maximum Gasteiger partial charge on any atom is 0.410 e. The highest BCUT2D eigenvalue weighted by Gasteiger charge is 2.44. The van der Waals surface area contributed by atoms with Gasteiger partial charge in [-0.25, -0.2) is 9.59 Å². The Bertz CT molecular complexity index is 2320. The summed E-state index contributed by atoms with van der Waals surface area (Å²) in [4.78, 5) is 112. The van der Waals surface area contributed by atoms with Crippen LogP contribution in [0.3, 0.4) is 0 Å². The first-order chi connectivity index (χ1) is 37.7. The third-order valence-corrected chi connectivity index (χ3v) is 15.3. The number of primary amides is 1. The molecule has 1 heterocycles. The number of hydrogen-bond donors (Lipinski definition) is 8. The van der Waals surface area contributed by atoms with Crippen molar-refractivity contribution >= 4 is 53.3 Å². The van der Waals surface area contributed by atoms with Gasteiger partial charge in [-0.05, 0) is 79.5 Å². The summed E-state index contributed by atoms with van der Waals surface area (Å²) in [5.41, 5.74) is 12.8. The number of nitrogens with two attached hydrogens (primary N) is 2. The molecule has 12 atom stereocenters. The molecule has 0 aliphatic carbocycles. The number of aliphatic hydroxyl groups is 1. The second kappa shape index (κ2) is 32.8. The van der Waals surface area contributed by atoms with Crippen LogP contribution in [0, 0.1) is 29.6 Å². The number of aliphatic hydroxyl groups excluding tert-OH is 1. The number of urea groups is 1. The Hall–Kier alpha value is -6.36. The Labute approximate surface area is 473 Å². The molecule has 0 bridgehead atoms. The van der Waals surface area contributed by atoms with E-state index >= 15 is 0 Å². The lowest BCUT2D eigenvalue weighted by Crippen LogP contribution is -2.60. The predicted octanol–water partition coefficient (Wildman–Crippen LogP) is 4.43. The first kappa shape index (κ1) is 67.9. The Morgan fingerprint density at radius 1 is 0.775 bits per heavy atom. The fourth-order valence-electron chi connectivity index (χ4n) is 10.2. The molecule has 1 unspecified atom stereocenters. The monoisotopic (exact) mass is 1120 g/mol. The molecule has 0 spiro atoms. The van der Waals surface area contributed by atoms with Crippen molar-refractivity contribution in [3.05, 3.63) is 65.7 Å². The van der Waals surface area contributed by atoms with Gasteiger partial charge in [-0.1, -0.05) is 111 Å². The van der Waals surface area contributed by atoms with E-state index in [0.717, 1.165) is 0 Å². The van der Waals surface area contributed by atoms with Crippen molar-refractivity contribution in [1.29, 1.82) is 0 Å². The normalized spacial score (nSPS) is 17.6. The molecule has 1 saturated heterocycles. The SMILES string of the molecule is CC[C@H](C)[C@@H](C(CC(=O)N1CCC[C@H]1[C@H](OC)[C@@H](C)C(=O)N[C@H](C)[C@@H](O)c1ccccc1)OC)N(C)C(=O)[C@@H](NC(=O)[C@H](C(C)C)N(C)C(=O)OCc1ccc(NC(=O)[C@H](CCCNC(N)=O)NC(=O)[C@@H](N)C(C)C)cc1)C(C)C. The zero-order valence-corrected chi connectivity index (χ0v) is 49.7. The zero-order valence-electron chi connectivity index (χ0n) is 49.7. The quantitative estimate of drug-likeness (QED) is 0.0485. The summed E-state index contributed by atoms with van der Waals surface area (Å²) in [5.74, 6) is -4.32. The molecule has 0 radical (unpaired) electrons. The minimum Gasteiger partial charge on any atom is -0.445 e. The van der Waals surface area contributed by atoms with Crippen molar-refractivity contribution in [3.63, 3.8) is 0 Å². The van der Waals surface area contributed by atoms with Crippen molar-refractivity contribution in [1.82, 2.24) is 36.0 Å². The number of likely N-dealkylation sites (N-methyl/N-ethyl adjacent to an activating group) is 2. The first-order valence-corrected chi connectivity index (χ1v) is 28.0. The fourth-order valence-corrected chi connectivity index (χ4v) is 10.2. The maximum atomic E-state index is 14.7. The van der Waals surface area contributed by atoms with Gasteiger partial charge >= 0.3 is 12.1 Å². The number of anilines is 1. The Morgan fingerprint density at radius 2 is 1.41 bits per heavy atom. The number of amides is 9. The zero-order chi connectivity index (χ0) is 60.1. The van der Waals surface area contributed by atoms with Crippen LogP contribution in [-0.4, -0.2) is 163 Å². The van der Waals surface area contributed by atoms with Crippen molar-refractivity contribution in [2.24, 2.45) is 41.1 Å². The van der Waals surface area contributed by atoms with Gasteiger partial charge in [0.15, 0.2) is 0 Å². The van der Waals surface area contributed by atoms with Gasteiger partial charge in [0.2, 0.25) is 35.4 Å². The van der Waals surface area contributed by atoms with Gasteiger partial charge in [-0.3, -0.25) is 33.7 Å². The highest BCUT2D eigenvalue weighted by molar-refractivity contribution is 5.98. The highest BCUT2D eigenvalue weighted by atomic mass is 16.6. The van der Waals surface area contributed by atoms with E-state index in [1.165, 1.54) is 26.2 Å². The lowest BCUT2D eigenvalue weighted by atomic mass is 9.89. The lowest BCUT2D eigenvalue weighted by Gasteiger charge is -2.41.